The Morgan fingerprint density at radius 3 is 2.48 bits per heavy atom. The average Bonchev–Trinajstić information content (AvgIpc) is 2.79. The van der Waals surface area contributed by atoms with Gasteiger partial charge < -0.3 is 9.80 Å². The van der Waals surface area contributed by atoms with E-state index in [0.717, 1.165) is 43.1 Å². The Balaban J connectivity index is 1.67. The molecular weight excluding hydrogens is 319 g/mol. The molecule has 1 aliphatic heterocycles. The van der Waals surface area contributed by atoms with Crippen LogP contribution in [0.5, 0.6) is 0 Å². The molecule has 6 heteroatoms. The fourth-order valence-corrected chi connectivity index (χ4v) is 3.45. The number of anilines is 1. The molecule has 1 fully saturated rings. The third-order valence-electron chi connectivity index (χ3n) is 4.77. The number of aryl methyl sites for hydroxylation is 2. The first-order chi connectivity index (χ1) is 12.0. The summed E-state index contributed by atoms with van der Waals surface area (Å²) in [6.07, 6.45) is 0.896. The lowest BCUT2D eigenvalue weighted by Gasteiger charge is -2.26. The van der Waals surface area contributed by atoms with E-state index in [1.807, 2.05) is 31.7 Å². The summed E-state index contributed by atoms with van der Waals surface area (Å²) in [5.41, 5.74) is 2.93. The molecule has 1 unspecified atom stereocenters. The summed E-state index contributed by atoms with van der Waals surface area (Å²) in [4.78, 5) is 17.0. The van der Waals surface area contributed by atoms with E-state index in [9.17, 15) is 9.18 Å². The first-order valence-corrected chi connectivity index (χ1v) is 8.78. The number of halogens is 1. The molecule has 0 aliphatic carbocycles. The minimum atomic E-state index is -0.300. The van der Waals surface area contributed by atoms with Crippen molar-refractivity contribution in [2.45, 2.75) is 33.2 Å². The van der Waals surface area contributed by atoms with Crippen molar-refractivity contribution in [2.75, 3.05) is 31.1 Å². The number of nitrogens with zero attached hydrogens (tertiary/aromatic N) is 4. The van der Waals surface area contributed by atoms with Gasteiger partial charge in [-0.1, -0.05) is 0 Å². The molecular formula is C19H25FN4O. The van der Waals surface area contributed by atoms with Crippen LogP contribution < -0.4 is 4.90 Å². The highest BCUT2D eigenvalue weighted by atomic mass is 19.1. The summed E-state index contributed by atoms with van der Waals surface area (Å²) in [6, 6.07) is 8.24. The molecule has 1 saturated heterocycles. The molecule has 1 aromatic heterocycles. The van der Waals surface area contributed by atoms with Crippen molar-refractivity contribution >= 4 is 11.6 Å². The maximum atomic E-state index is 13.1. The number of rotatable bonds is 3. The zero-order valence-corrected chi connectivity index (χ0v) is 15.1. The second-order valence-corrected chi connectivity index (χ2v) is 6.69. The quantitative estimate of drug-likeness (QED) is 0.860. The zero-order valence-electron chi connectivity index (χ0n) is 15.1. The Morgan fingerprint density at radius 2 is 1.84 bits per heavy atom. The average molecular weight is 344 g/mol. The molecule has 5 nitrogen and oxygen atoms in total. The summed E-state index contributed by atoms with van der Waals surface area (Å²) in [5, 5.41) is 4.44. The van der Waals surface area contributed by atoms with Crippen molar-refractivity contribution in [3.63, 3.8) is 0 Å². The molecule has 1 atom stereocenters. The van der Waals surface area contributed by atoms with Gasteiger partial charge in [0.05, 0.1) is 5.69 Å². The number of aromatic nitrogens is 2. The molecule has 2 aromatic rings. The summed E-state index contributed by atoms with van der Waals surface area (Å²) in [7, 11) is 0. The third kappa shape index (κ3) is 3.83. The van der Waals surface area contributed by atoms with Crippen LogP contribution in [0.25, 0.3) is 0 Å². The van der Waals surface area contributed by atoms with Gasteiger partial charge in [0, 0.05) is 37.6 Å². The van der Waals surface area contributed by atoms with Crippen LogP contribution in [-0.2, 0) is 4.79 Å². The van der Waals surface area contributed by atoms with Crippen LogP contribution in [0.4, 0.5) is 10.1 Å². The first-order valence-electron chi connectivity index (χ1n) is 8.78. The van der Waals surface area contributed by atoms with E-state index in [4.69, 9.17) is 0 Å². The van der Waals surface area contributed by atoms with Crippen LogP contribution in [-0.4, -0.2) is 46.8 Å². The molecule has 134 valence electrons. The van der Waals surface area contributed by atoms with Crippen LogP contribution in [0.15, 0.2) is 30.3 Å². The van der Waals surface area contributed by atoms with Crippen molar-refractivity contribution in [1.82, 2.24) is 14.7 Å². The molecule has 0 spiro atoms. The van der Waals surface area contributed by atoms with Gasteiger partial charge in [-0.2, -0.15) is 5.10 Å². The van der Waals surface area contributed by atoms with Gasteiger partial charge in [0.15, 0.2) is 0 Å². The summed E-state index contributed by atoms with van der Waals surface area (Å²) in [5.74, 6) is -0.124. The lowest BCUT2D eigenvalue weighted by atomic mass is 10.2. The fourth-order valence-electron chi connectivity index (χ4n) is 3.45. The molecule has 0 radical (unpaired) electrons. The van der Waals surface area contributed by atoms with Crippen molar-refractivity contribution in [1.29, 1.82) is 0 Å². The highest BCUT2D eigenvalue weighted by Crippen LogP contribution is 2.19. The standard InChI is InChI=1S/C19H25FN4O/c1-14-13-15(2)24(21-14)16(3)19(25)23-10-4-9-22(11-12-23)18-7-5-17(20)6-8-18/h5-8,13,16H,4,9-12H2,1-3H3. The lowest BCUT2D eigenvalue weighted by Crippen LogP contribution is -2.39. The van der Waals surface area contributed by atoms with E-state index in [0.29, 0.717) is 6.54 Å². The van der Waals surface area contributed by atoms with Crippen LogP contribution in [0.1, 0.15) is 30.8 Å². The highest BCUT2D eigenvalue weighted by Gasteiger charge is 2.25. The Bertz CT molecular complexity index is 740. The first kappa shape index (κ1) is 17.5. The lowest BCUT2D eigenvalue weighted by molar-refractivity contribution is -0.134. The van der Waals surface area contributed by atoms with E-state index in [1.165, 1.54) is 12.1 Å². The van der Waals surface area contributed by atoms with Crippen molar-refractivity contribution < 1.29 is 9.18 Å². The van der Waals surface area contributed by atoms with Crippen LogP contribution in [0, 0.1) is 19.7 Å². The summed E-state index contributed by atoms with van der Waals surface area (Å²) in [6.45, 7) is 8.84. The van der Waals surface area contributed by atoms with Crippen molar-refractivity contribution in [3.8, 4) is 0 Å². The number of carbonyl (C=O) groups is 1. The normalized spacial score (nSPS) is 16.6. The van der Waals surface area contributed by atoms with E-state index in [1.54, 1.807) is 16.8 Å². The second kappa shape index (κ2) is 7.25. The van der Waals surface area contributed by atoms with Gasteiger partial charge in [-0.3, -0.25) is 9.48 Å². The second-order valence-electron chi connectivity index (χ2n) is 6.69. The smallest absolute Gasteiger partial charge is 0.247 e. The number of benzene rings is 1. The SMILES string of the molecule is Cc1cc(C)n(C(C)C(=O)N2CCCN(c3ccc(F)cc3)CC2)n1. The van der Waals surface area contributed by atoms with Gasteiger partial charge in [0.1, 0.15) is 11.9 Å². The molecule has 1 aromatic carbocycles. The van der Waals surface area contributed by atoms with Gasteiger partial charge in [0.2, 0.25) is 5.91 Å². The Morgan fingerprint density at radius 1 is 1.12 bits per heavy atom. The molecule has 0 bridgehead atoms. The van der Waals surface area contributed by atoms with E-state index < -0.39 is 0 Å². The number of amides is 1. The largest absolute Gasteiger partial charge is 0.370 e. The minimum absolute atomic E-state index is 0.104. The topological polar surface area (TPSA) is 41.4 Å². The van der Waals surface area contributed by atoms with E-state index >= 15 is 0 Å². The Kier molecular flexibility index (Phi) is 5.06. The predicted octanol–water partition coefficient (Wildman–Crippen LogP) is 2.94. The van der Waals surface area contributed by atoms with Gasteiger partial charge in [-0.05, 0) is 57.5 Å². The monoisotopic (exact) mass is 344 g/mol. The molecule has 3 rings (SSSR count). The molecule has 0 N–H and O–H groups in total. The van der Waals surface area contributed by atoms with Crippen LogP contribution >= 0.6 is 0 Å². The van der Waals surface area contributed by atoms with Gasteiger partial charge in [0.25, 0.3) is 0 Å². The Labute approximate surface area is 148 Å². The molecule has 0 saturated carbocycles. The van der Waals surface area contributed by atoms with Gasteiger partial charge in [-0.15, -0.1) is 0 Å². The molecule has 25 heavy (non-hydrogen) atoms. The van der Waals surface area contributed by atoms with E-state index in [-0.39, 0.29) is 17.8 Å². The number of hydrogen-bond acceptors (Lipinski definition) is 3. The van der Waals surface area contributed by atoms with Crippen LogP contribution in [0.3, 0.4) is 0 Å². The number of hydrogen-bond donors (Lipinski definition) is 0. The van der Waals surface area contributed by atoms with Crippen molar-refractivity contribution in [3.05, 3.63) is 47.5 Å². The maximum Gasteiger partial charge on any atom is 0.247 e. The maximum absolute atomic E-state index is 13.1. The van der Waals surface area contributed by atoms with Gasteiger partial charge in [-0.25, -0.2) is 4.39 Å². The molecule has 1 amide bonds. The van der Waals surface area contributed by atoms with Gasteiger partial charge >= 0.3 is 0 Å². The van der Waals surface area contributed by atoms with Crippen LogP contribution in [0.2, 0.25) is 0 Å². The fraction of sp³-hybridized carbons (Fsp3) is 0.474. The molecule has 2 heterocycles. The number of carbonyl (C=O) groups excluding carboxylic acids is 1. The third-order valence-corrected chi connectivity index (χ3v) is 4.77. The highest BCUT2D eigenvalue weighted by molar-refractivity contribution is 5.80. The van der Waals surface area contributed by atoms with E-state index in [2.05, 4.69) is 10.00 Å². The molecule has 1 aliphatic rings. The predicted molar refractivity (Wildman–Crippen MR) is 96.2 cm³/mol. The Hall–Kier alpha value is -2.37. The minimum Gasteiger partial charge on any atom is -0.370 e. The van der Waals surface area contributed by atoms with Crippen molar-refractivity contribution in [2.24, 2.45) is 0 Å². The summed E-state index contributed by atoms with van der Waals surface area (Å²) < 4.78 is 14.9. The zero-order chi connectivity index (χ0) is 18.0. The summed E-state index contributed by atoms with van der Waals surface area (Å²) >= 11 is 0.